The minimum Gasteiger partial charge on any atom is -0.481 e. The zero-order valence-electron chi connectivity index (χ0n) is 13.4. The van der Waals surface area contributed by atoms with Crippen molar-refractivity contribution in [3.63, 3.8) is 0 Å². The summed E-state index contributed by atoms with van der Waals surface area (Å²) in [4.78, 5) is 42.3. The second-order valence-corrected chi connectivity index (χ2v) is 5.36. The molecule has 1 aromatic rings. The molecule has 7 heteroatoms. The van der Waals surface area contributed by atoms with Crippen LogP contribution in [0.3, 0.4) is 0 Å². The van der Waals surface area contributed by atoms with E-state index >= 15 is 0 Å². The predicted molar refractivity (Wildman–Crippen MR) is 84.7 cm³/mol. The van der Waals surface area contributed by atoms with Gasteiger partial charge in [0, 0.05) is 6.42 Å². The molecule has 1 rings (SSSR count). The number of hydrogen-bond acceptors (Lipinski definition) is 5. The van der Waals surface area contributed by atoms with Crippen molar-refractivity contribution in [3.05, 3.63) is 29.8 Å². The molecule has 0 bridgehead atoms. The average molecular weight is 338 g/mol. The molecule has 7 nitrogen and oxygen atoms in total. The van der Waals surface area contributed by atoms with Gasteiger partial charge in [-0.3, -0.25) is 14.6 Å². The fourth-order valence-corrected chi connectivity index (χ4v) is 2.10. The van der Waals surface area contributed by atoms with Crippen LogP contribution in [0.25, 0.3) is 0 Å². The molecular formula is C17H22O7. The number of unbranched alkanes of at least 4 members (excludes halogenated alkanes) is 5. The Morgan fingerprint density at radius 2 is 1.42 bits per heavy atom. The van der Waals surface area contributed by atoms with Crippen molar-refractivity contribution in [2.45, 2.75) is 51.4 Å². The first kappa shape index (κ1) is 19.5. The SMILES string of the molecule is O=C(O)CCCCCCCCC(=O)OOc1ccccc1C(=O)O. The fraction of sp³-hybridized carbons (Fsp3) is 0.471. The van der Waals surface area contributed by atoms with Crippen LogP contribution in [0, 0.1) is 0 Å². The molecule has 0 spiro atoms. The summed E-state index contributed by atoms with van der Waals surface area (Å²) in [5.74, 6) is -2.51. The second-order valence-electron chi connectivity index (χ2n) is 5.36. The summed E-state index contributed by atoms with van der Waals surface area (Å²) in [6.45, 7) is 0. The van der Waals surface area contributed by atoms with Crippen LogP contribution in [0.4, 0.5) is 0 Å². The lowest BCUT2D eigenvalue weighted by Gasteiger charge is -2.06. The van der Waals surface area contributed by atoms with Crippen molar-refractivity contribution in [2.75, 3.05) is 0 Å². The molecule has 0 heterocycles. The summed E-state index contributed by atoms with van der Waals surface area (Å²) in [6.07, 6.45) is 5.27. The summed E-state index contributed by atoms with van der Waals surface area (Å²) in [5.41, 5.74) is -0.0772. The van der Waals surface area contributed by atoms with Crippen LogP contribution < -0.4 is 4.89 Å². The van der Waals surface area contributed by atoms with Crippen molar-refractivity contribution >= 4 is 17.9 Å². The number of benzene rings is 1. The first-order chi connectivity index (χ1) is 11.5. The molecule has 0 aliphatic carbocycles. The van der Waals surface area contributed by atoms with Gasteiger partial charge in [-0.1, -0.05) is 37.8 Å². The summed E-state index contributed by atoms with van der Waals surface area (Å²) >= 11 is 0. The number of carboxylic acid groups (broad SMARTS) is 2. The predicted octanol–water partition coefficient (Wildman–Crippen LogP) is 3.43. The molecule has 24 heavy (non-hydrogen) atoms. The Morgan fingerprint density at radius 3 is 2.04 bits per heavy atom. The third-order valence-corrected chi connectivity index (χ3v) is 3.36. The minimum atomic E-state index is -1.16. The number of para-hydroxylation sites is 1. The largest absolute Gasteiger partial charge is 0.481 e. The van der Waals surface area contributed by atoms with Gasteiger partial charge in [0.05, 0.1) is 6.42 Å². The van der Waals surface area contributed by atoms with Gasteiger partial charge in [-0.05, 0) is 25.0 Å². The van der Waals surface area contributed by atoms with Gasteiger partial charge in [-0.25, -0.2) is 9.59 Å². The number of aromatic carboxylic acids is 1. The fourth-order valence-electron chi connectivity index (χ4n) is 2.10. The van der Waals surface area contributed by atoms with Gasteiger partial charge in [-0.2, -0.15) is 0 Å². The summed E-state index contributed by atoms with van der Waals surface area (Å²) in [6, 6.07) is 5.90. The Hall–Kier alpha value is -2.57. The highest BCUT2D eigenvalue weighted by Gasteiger charge is 2.13. The molecule has 0 unspecified atom stereocenters. The van der Waals surface area contributed by atoms with Crippen molar-refractivity contribution in [3.8, 4) is 5.75 Å². The van der Waals surface area contributed by atoms with Crippen molar-refractivity contribution in [2.24, 2.45) is 0 Å². The van der Waals surface area contributed by atoms with Crippen LogP contribution in [0.5, 0.6) is 5.75 Å². The molecule has 0 aromatic heterocycles. The van der Waals surface area contributed by atoms with Crippen LogP contribution in [0.1, 0.15) is 61.7 Å². The van der Waals surface area contributed by atoms with E-state index in [-0.39, 0.29) is 24.2 Å². The maximum Gasteiger partial charge on any atom is 0.355 e. The maximum atomic E-state index is 11.5. The molecule has 1 aromatic carbocycles. The van der Waals surface area contributed by atoms with E-state index in [1.807, 2.05) is 0 Å². The van der Waals surface area contributed by atoms with E-state index in [1.165, 1.54) is 12.1 Å². The molecule has 0 fully saturated rings. The summed E-state index contributed by atoms with van der Waals surface area (Å²) < 4.78 is 0. The molecule has 0 aliphatic heterocycles. The van der Waals surface area contributed by atoms with Gasteiger partial charge >= 0.3 is 17.9 Å². The van der Waals surface area contributed by atoms with Crippen LogP contribution in [0.2, 0.25) is 0 Å². The minimum absolute atomic E-state index is 0.0169. The van der Waals surface area contributed by atoms with Gasteiger partial charge in [0.25, 0.3) is 0 Å². The van der Waals surface area contributed by atoms with Crippen LogP contribution in [-0.4, -0.2) is 28.1 Å². The highest BCUT2D eigenvalue weighted by atomic mass is 17.2. The lowest BCUT2D eigenvalue weighted by Crippen LogP contribution is -2.10. The molecule has 0 amide bonds. The first-order valence-corrected chi connectivity index (χ1v) is 7.92. The molecule has 2 N–H and O–H groups in total. The van der Waals surface area contributed by atoms with E-state index in [0.29, 0.717) is 12.8 Å². The quantitative estimate of drug-likeness (QED) is 0.341. The van der Waals surface area contributed by atoms with Gasteiger partial charge < -0.3 is 10.2 Å². The molecule has 0 saturated carbocycles. The van der Waals surface area contributed by atoms with E-state index in [4.69, 9.17) is 15.1 Å². The summed E-state index contributed by atoms with van der Waals surface area (Å²) in [7, 11) is 0. The molecule has 0 saturated heterocycles. The monoisotopic (exact) mass is 338 g/mol. The van der Waals surface area contributed by atoms with Gasteiger partial charge in [0.1, 0.15) is 5.56 Å². The van der Waals surface area contributed by atoms with Crippen LogP contribution in [0.15, 0.2) is 24.3 Å². The third-order valence-electron chi connectivity index (χ3n) is 3.36. The average Bonchev–Trinajstić information content (AvgIpc) is 2.55. The van der Waals surface area contributed by atoms with Crippen LogP contribution >= 0.6 is 0 Å². The van der Waals surface area contributed by atoms with Crippen molar-refractivity contribution in [1.29, 1.82) is 0 Å². The van der Waals surface area contributed by atoms with Crippen molar-refractivity contribution in [1.82, 2.24) is 0 Å². The highest BCUT2D eigenvalue weighted by molar-refractivity contribution is 5.90. The van der Waals surface area contributed by atoms with Gasteiger partial charge in [0.15, 0.2) is 5.75 Å². The molecule has 132 valence electrons. The van der Waals surface area contributed by atoms with E-state index in [2.05, 4.69) is 4.89 Å². The molecule has 0 aliphatic rings. The Morgan fingerprint density at radius 1 is 0.833 bits per heavy atom. The Bertz CT molecular complexity index is 554. The van der Waals surface area contributed by atoms with Crippen molar-refractivity contribution < 1.29 is 34.4 Å². The van der Waals surface area contributed by atoms with Crippen LogP contribution in [-0.2, 0) is 14.5 Å². The van der Waals surface area contributed by atoms with Gasteiger partial charge in [0.2, 0.25) is 0 Å². The molecule has 0 radical (unpaired) electrons. The van der Waals surface area contributed by atoms with E-state index in [0.717, 1.165) is 25.7 Å². The number of hydrogen-bond donors (Lipinski definition) is 2. The lowest BCUT2D eigenvalue weighted by atomic mass is 10.1. The number of aliphatic carboxylic acids is 1. The number of rotatable bonds is 12. The Labute approximate surface area is 140 Å². The standard InChI is InChI=1S/C17H22O7/c18-15(19)11-5-3-1-2-4-6-12-16(20)24-23-14-10-8-7-9-13(14)17(21)22/h7-10H,1-6,11-12H2,(H,18,19)(H,21,22). The number of carbonyl (C=O) groups excluding carboxylic acids is 1. The molecular weight excluding hydrogens is 316 g/mol. The Kier molecular flexibility index (Phi) is 8.96. The highest BCUT2D eigenvalue weighted by Crippen LogP contribution is 2.18. The smallest absolute Gasteiger partial charge is 0.355 e. The van der Waals surface area contributed by atoms with Gasteiger partial charge in [-0.15, -0.1) is 0 Å². The second kappa shape index (κ2) is 11.0. The third kappa shape index (κ3) is 8.17. The van der Waals surface area contributed by atoms with E-state index < -0.39 is 17.9 Å². The normalized spacial score (nSPS) is 10.2. The first-order valence-electron chi connectivity index (χ1n) is 7.92. The zero-order chi connectivity index (χ0) is 17.8. The Balaban J connectivity index is 2.13. The zero-order valence-corrected chi connectivity index (χ0v) is 13.4. The lowest BCUT2D eigenvalue weighted by molar-refractivity contribution is -0.214. The van der Waals surface area contributed by atoms with E-state index in [9.17, 15) is 14.4 Å². The number of carboxylic acids is 2. The molecule has 0 atom stereocenters. The maximum absolute atomic E-state index is 11.5. The van der Waals surface area contributed by atoms with E-state index in [1.54, 1.807) is 12.1 Å². The topological polar surface area (TPSA) is 110 Å². The number of carbonyl (C=O) groups is 3. The summed E-state index contributed by atoms with van der Waals surface area (Å²) in [5, 5.41) is 17.5.